The number of nitrogens with one attached hydrogen (secondary N) is 1. The Bertz CT molecular complexity index is 1200. The van der Waals surface area contributed by atoms with Crippen molar-refractivity contribution in [1.82, 2.24) is 9.78 Å². The number of rotatable bonds is 6. The summed E-state index contributed by atoms with van der Waals surface area (Å²) in [4.78, 5) is 15.8. The highest BCUT2D eigenvalue weighted by Gasteiger charge is 2.18. The van der Waals surface area contributed by atoms with E-state index in [2.05, 4.69) is 10.4 Å². The Hall–Kier alpha value is -3.23. The molecular weight excluding hydrogens is 403 g/mol. The normalized spacial score (nSPS) is 11.1. The number of aromatic nitrogens is 2. The maximum atomic E-state index is 14.4. The number of hydrogen-bond donors (Lipinski definition) is 2. The molecule has 4 rings (SSSR count). The molecule has 4 aromatic rings. The predicted octanol–water partition coefficient (Wildman–Crippen LogP) is 4.22. The summed E-state index contributed by atoms with van der Waals surface area (Å²) in [5, 5.41) is 17.3. The molecule has 30 heavy (non-hydrogen) atoms. The van der Waals surface area contributed by atoms with Gasteiger partial charge in [0.2, 0.25) is 0 Å². The molecular formula is C22H21FN4O2S. The molecule has 2 aromatic carbocycles. The van der Waals surface area contributed by atoms with Gasteiger partial charge < -0.3 is 15.3 Å². The van der Waals surface area contributed by atoms with Crippen molar-refractivity contribution in [1.29, 1.82) is 0 Å². The van der Waals surface area contributed by atoms with Crippen molar-refractivity contribution in [2.75, 3.05) is 30.4 Å². The first kappa shape index (κ1) is 20.1. The van der Waals surface area contributed by atoms with E-state index in [0.717, 1.165) is 21.6 Å². The third kappa shape index (κ3) is 3.79. The Balaban J connectivity index is 1.59. The number of likely N-dealkylation sites (N-methyl/N-ethyl adjacent to an activating group) is 1. The van der Waals surface area contributed by atoms with E-state index in [1.165, 1.54) is 17.4 Å². The molecule has 2 heterocycles. The number of carbonyl (C=O) groups excluding carboxylic acids is 1. The van der Waals surface area contributed by atoms with Gasteiger partial charge in [-0.3, -0.25) is 4.79 Å². The zero-order valence-corrected chi connectivity index (χ0v) is 17.4. The van der Waals surface area contributed by atoms with Crippen molar-refractivity contribution in [2.45, 2.75) is 6.92 Å². The number of anilines is 2. The fraction of sp³-hybridized carbons (Fsp3) is 0.182. The number of aliphatic hydroxyl groups is 1. The number of carbonyl (C=O) groups is 1. The van der Waals surface area contributed by atoms with Crippen LogP contribution in [0.2, 0.25) is 0 Å². The van der Waals surface area contributed by atoms with E-state index in [1.54, 1.807) is 24.1 Å². The van der Waals surface area contributed by atoms with Crippen LogP contribution in [-0.4, -0.2) is 41.0 Å². The summed E-state index contributed by atoms with van der Waals surface area (Å²) >= 11 is 1.34. The fourth-order valence-electron chi connectivity index (χ4n) is 3.26. The van der Waals surface area contributed by atoms with E-state index in [9.17, 15) is 9.18 Å². The topological polar surface area (TPSA) is 70.4 Å². The van der Waals surface area contributed by atoms with Crippen molar-refractivity contribution < 1.29 is 14.3 Å². The number of amides is 1. The second-order valence-electron chi connectivity index (χ2n) is 6.93. The lowest BCUT2D eigenvalue weighted by atomic mass is 10.2. The van der Waals surface area contributed by atoms with Crippen molar-refractivity contribution in [3.63, 3.8) is 0 Å². The lowest BCUT2D eigenvalue weighted by Gasteiger charge is -2.19. The number of para-hydroxylation sites is 1. The van der Waals surface area contributed by atoms with Gasteiger partial charge in [-0.05, 0) is 43.3 Å². The minimum atomic E-state index is -0.462. The molecule has 0 radical (unpaired) electrons. The monoisotopic (exact) mass is 424 g/mol. The maximum Gasteiger partial charge on any atom is 0.265 e. The van der Waals surface area contributed by atoms with Gasteiger partial charge in [0.1, 0.15) is 10.6 Å². The van der Waals surface area contributed by atoms with Crippen LogP contribution >= 0.6 is 11.3 Å². The summed E-state index contributed by atoms with van der Waals surface area (Å²) in [5.74, 6) is -0.762. The lowest BCUT2D eigenvalue weighted by molar-refractivity contribution is 0.103. The molecule has 0 atom stereocenters. The molecule has 0 saturated heterocycles. The third-order valence-corrected chi connectivity index (χ3v) is 5.93. The highest BCUT2D eigenvalue weighted by atomic mass is 32.1. The molecule has 0 aliphatic heterocycles. The van der Waals surface area contributed by atoms with Gasteiger partial charge >= 0.3 is 0 Å². The highest BCUT2D eigenvalue weighted by molar-refractivity contribution is 7.20. The zero-order valence-electron chi connectivity index (χ0n) is 16.6. The number of nitrogens with zero attached hydrogens (tertiary/aromatic N) is 3. The first-order chi connectivity index (χ1) is 14.5. The fourth-order valence-corrected chi connectivity index (χ4v) is 4.34. The smallest absolute Gasteiger partial charge is 0.265 e. The first-order valence-corrected chi connectivity index (χ1v) is 10.3. The van der Waals surface area contributed by atoms with Gasteiger partial charge in [-0.25, -0.2) is 9.07 Å². The molecule has 6 nitrogen and oxygen atoms in total. The summed E-state index contributed by atoms with van der Waals surface area (Å²) in [5.41, 5.74) is 2.50. The summed E-state index contributed by atoms with van der Waals surface area (Å²) in [6.45, 7) is 2.16. The van der Waals surface area contributed by atoms with Crippen molar-refractivity contribution in [3.8, 4) is 5.69 Å². The van der Waals surface area contributed by atoms with E-state index >= 15 is 0 Å². The summed E-state index contributed by atoms with van der Waals surface area (Å²) < 4.78 is 16.2. The first-order valence-electron chi connectivity index (χ1n) is 9.45. The molecule has 0 spiro atoms. The van der Waals surface area contributed by atoms with Gasteiger partial charge in [0.25, 0.3) is 5.91 Å². The van der Waals surface area contributed by atoms with Crippen LogP contribution in [0.15, 0.2) is 54.6 Å². The number of aryl methyl sites for hydroxylation is 1. The van der Waals surface area contributed by atoms with Crippen molar-refractivity contribution in [3.05, 3.63) is 71.0 Å². The van der Waals surface area contributed by atoms with Crippen LogP contribution < -0.4 is 10.2 Å². The van der Waals surface area contributed by atoms with Crippen LogP contribution in [0.1, 0.15) is 15.4 Å². The van der Waals surface area contributed by atoms with Crippen LogP contribution in [0.25, 0.3) is 15.9 Å². The maximum absolute atomic E-state index is 14.4. The second-order valence-corrected chi connectivity index (χ2v) is 7.96. The Morgan fingerprint density at radius 3 is 2.70 bits per heavy atom. The average molecular weight is 425 g/mol. The summed E-state index contributed by atoms with van der Waals surface area (Å²) in [6, 6.07) is 16.1. The molecule has 8 heteroatoms. The van der Waals surface area contributed by atoms with Crippen molar-refractivity contribution in [2.24, 2.45) is 0 Å². The summed E-state index contributed by atoms with van der Waals surface area (Å²) in [6.07, 6.45) is 0. The summed E-state index contributed by atoms with van der Waals surface area (Å²) in [7, 11) is 1.70. The standard InChI is InChI=1S/C22H21FN4O2S/c1-14-17-13-20(30-22(17)27(25-14)16-6-4-3-5-7-16)21(29)24-15-8-9-19(18(23)12-15)26(2)10-11-28/h3-9,12-13,28H,10-11H2,1-2H3,(H,24,29). The van der Waals surface area contributed by atoms with E-state index < -0.39 is 5.82 Å². The third-order valence-electron chi connectivity index (χ3n) is 4.82. The van der Waals surface area contributed by atoms with Gasteiger partial charge in [-0.1, -0.05) is 18.2 Å². The van der Waals surface area contributed by atoms with Gasteiger partial charge in [-0.2, -0.15) is 5.10 Å². The Morgan fingerprint density at radius 2 is 2.00 bits per heavy atom. The lowest BCUT2D eigenvalue weighted by Crippen LogP contribution is -2.22. The number of thiophene rings is 1. The SMILES string of the molecule is Cc1nn(-c2ccccc2)c2sc(C(=O)Nc3ccc(N(C)CCO)c(F)c3)cc12. The van der Waals surface area contributed by atoms with Gasteiger partial charge in [0, 0.05) is 24.7 Å². The quantitative estimate of drug-likeness (QED) is 0.486. The second kappa shape index (κ2) is 8.25. The zero-order chi connectivity index (χ0) is 21.3. The molecule has 0 bridgehead atoms. The molecule has 2 N–H and O–H groups in total. The predicted molar refractivity (Wildman–Crippen MR) is 118 cm³/mol. The molecule has 0 unspecified atom stereocenters. The van der Waals surface area contributed by atoms with Crippen LogP contribution in [0.5, 0.6) is 0 Å². The van der Waals surface area contributed by atoms with Gasteiger partial charge in [-0.15, -0.1) is 11.3 Å². The molecule has 1 amide bonds. The Kier molecular flexibility index (Phi) is 5.52. The van der Waals surface area contributed by atoms with E-state index in [1.807, 2.05) is 48.0 Å². The largest absolute Gasteiger partial charge is 0.395 e. The minimum Gasteiger partial charge on any atom is -0.395 e. The number of hydrogen-bond acceptors (Lipinski definition) is 5. The number of halogens is 1. The highest BCUT2D eigenvalue weighted by Crippen LogP contribution is 2.31. The van der Waals surface area contributed by atoms with Crippen LogP contribution in [0.3, 0.4) is 0 Å². The van der Waals surface area contributed by atoms with E-state index in [0.29, 0.717) is 22.8 Å². The minimum absolute atomic E-state index is 0.0693. The Labute approximate surface area is 177 Å². The molecule has 2 aromatic heterocycles. The number of benzene rings is 2. The van der Waals surface area contributed by atoms with Crippen molar-refractivity contribution >= 4 is 38.8 Å². The Morgan fingerprint density at radius 1 is 1.23 bits per heavy atom. The number of aliphatic hydroxyl groups excluding tert-OH is 1. The van der Waals surface area contributed by atoms with Crippen LogP contribution in [-0.2, 0) is 0 Å². The molecule has 0 fully saturated rings. The molecule has 154 valence electrons. The van der Waals surface area contributed by atoms with Gasteiger partial charge in [0.15, 0.2) is 0 Å². The molecule has 0 aliphatic carbocycles. The van der Waals surface area contributed by atoms with Crippen LogP contribution in [0.4, 0.5) is 15.8 Å². The molecule has 0 aliphatic rings. The van der Waals surface area contributed by atoms with Crippen LogP contribution in [0, 0.1) is 12.7 Å². The van der Waals surface area contributed by atoms with E-state index in [-0.39, 0.29) is 12.5 Å². The average Bonchev–Trinajstić information content (AvgIpc) is 3.30. The van der Waals surface area contributed by atoms with E-state index in [4.69, 9.17) is 5.11 Å². The molecule has 0 saturated carbocycles. The van der Waals surface area contributed by atoms with Gasteiger partial charge in [0.05, 0.1) is 28.6 Å². The number of fused-ring (bicyclic) bond motifs is 1.